The van der Waals surface area contributed by atoms with Crippen LogP contribution in [0.3, 0.4) is 0 Å². The van der Waals surface area contributed by atoms with Gasteiger partial charge in [-0.3, -0.25) is 4.90 Å². The lowest BCUT2D eigenvalue weighted by molar-refractivity contribution is 0.244. The van der Waals surface area contributed by atoms with Crippen LogP contribution in [0.1, 0.15) is 37.3 Å². The molecular formula is C18H30N2O2S. The van der Waals surface area contributed by atoms with Crippen molar-refractivity contribution in [2.75, 3.05) is 45.0 Å². The van der Waals surface area contributed by atoms with Crippen molar-refractivity contribution in [3.8, 4) is 5.75 Å². The van der Waals surface area contributed by atoms with E-state index in [1.54, 1.807) is 7.11 Å². The number of aliphatic hydroxyl groups is 1. The molecule has 1 heterocycles. The van der Waals surface area contributed by atoms with E-state index in [0.717, 1.165) is 17.9 Å². The van der Waals surface area contributed by atoms with Crippen molar-refractivity contribution in [1.82, 2.24) is 10.2 Å². The molecule has 1 atom stereocenters. The molecule has 2 rings (SSSR count). The van der Waals surface area contributed by atoms with Crippen LogP contribution >= 0.6 is 11.8 Å². The summed E-state index contributed by atoms with van der Waals surface area (Å²) in [5, 5.41) is 13.0. The lowest BCUT2D eigenvalue weighted by Crippen LogP contribution is -2.25. The van der Waals surface area contributed by atoms with E-state index in [1.165, 1.54) is 50.4 Å². The molecule has 1 aromatic rings. The fourth-order valence-electron chi connectivity index (χ4n) is 2.84. The Kier molecular flexibility index (Phi) is 8.82. The molecule has 1 aliphatic heterocycles. The van der Waals surface area contributed by atoms with Gasteiger partial charge in [-0.2, -0.15) is 0 Å². The van der Waals surface area contributed by atoms with Crippen molar-refractivity contribution < 1.29 is 9.84 Å². The SMILES string of the molecule is COc1ccc(C(CO)NCCCCCCN2CCSC2)cc1. The Hall–Kier alpha value is -0.750. The molecule has 23 heavy (non-hydrogen) atoms. The van der Waals surface area contributed by atoms with Gasteiger partial charge < -0.3 is 15.2 Å². The Morgan fingerprint density at radius 2 is 2.00 bits per heavy atom. The number of nitrogens with one attached hydrogen (secondary N) is 1. The molecule has 1 fully saturated rings. The van der Waals surface area contributed by atoms with Crippen LogP contribution in [0.25, 0.3) is 0 Å². The number of nitrogens with zero attached hydrogens (tertiary/aromatic N) is 1. The molecule has 1 aliphatic rings. The molecule has 0 aromatic heterocycles. The second-order valence-electron chi connectivity index (χ2n) is 6.03. The normalized spacial score (nSPS) is 16.6. The number of methoxy groups -OCH3 is 1. The summed E-state index contributed by atoms with van der Waals surface area (Å²) in [5.41, 5.74) is 1.11. The van der Waals surface area contributed by atoms with Crippen LogP contribution in [0.2, 0.25) is 0 Å². The van der Waals surface area contributed by atoms with Gasteiger partial charge in [0.15, 0.2) is 0 Å². The van der Waals surface area contributed by atoms with E-state index in [1.807, 2.05) is 36.0 Å². The Balaban J connectivity index is 1.56. The van der Waals surface area contributed by atoms with E-state index >= 15 is 0 Å². The molecule has 130 valence electrons. The molecule has 2 N–H and O–H groups in total. The van der Waals surface area contributed by atoms with Crippen LogP contribution in [0.15, 0.2) is 24.3 Å². The number of hydrogen-bond donors (Lipinski definition) is 2. The Morgan fingerprint density at radius 1 is 1.22 bits per heavy atom. The molecule has 0 saturated carbocycles. The van der Waals surface area contributed by atoms with E-state index in [2.05, 4.69) is 10.2 Å². The maximum Gasteiger partial charge on any atom is 0.118 e. The van der Waals surface area contributed by atoms with Crippen LogP contribution in [0.5, 0.6) is 5.75 Å². The van der Waals surface area contributed by atoms with Gasteiger partial charge in [0, 0.05) is 18.2 Å². The third-order valence-corrected chi connectivity index (χ3v) is 5.34. The van der Waals surface area contributed by atoms with Gasteiger partial charge in [0.25, 0.3) is 0 Å². The maximum atomic E-state index is 9.57. The number of thioether (sulfide) groups is 1. The minimum Gasteiger partial charge on any atom is -0.497 e. The molecule has 0 aliphatic carbocycles. The van der Waals surface area contributed by atoms with E-state index in [4.69, 9.17) is 4.74 Å². The first-order chi connectivity index (χ1) is 11.3. The van der Waals surface area contributed by atoms with Gasteiger partial charge in [-0.1, -0.05) is 25.0 Å². The van der Waals surface area contributed by atoms with Gasteiger partial charge in [0.05, 0.1) is 19.8 Å². The third-order valence-electron chi connectivity index (χ3n) is 4.32. The van der Waals surface area contributed by atoms with Gasteiger partial charge in [-0.05, 0) is 43.6 Å². The highest BCUT2D eigenvalue weighted by Crippen LogP contribution is 2.17. The summed E-state index contributed by atoms with van der Waals surface area (Å²) < 4.78 is 5.17. The van der Waals surface area contributed by atoms with Crippen molar-refractivity contribution in [2.45, 2.75) is 31.7 Å². The number of rotatable bonds is 11. The highest BCUT2D eigenvalue weighted by molar-refractivity contribution is 7.99. The molecule has 0 bridgehead atoms. The van der Waals surface area contributed by atoms with E-state index in [0.29, 0.717) is 0 Å². The minimum absolute atomic E-state index is 0.0162. The molecule has 5 heteroatoms. The fourth-order valence-corrected chi connectivity index (χ4v) is 3.88. The molecule has 0 radical (unpaired) electrons. The van der Waals surface area contributed by atoms with Crippen LogP contribution in [0.4, 0.5) is 0 Å². The van der Waals surface area contributed by atoms with Crippen molar-refractivity contribution in [2.24, 2.45) is 0 Å². The largest absolute Gasteiger partial charge is 0.497 e. The average Bonchev–Trinajstić information content (AvgIpc) is 3.11. The highest BCUT2D eigenvalue weighted by Gasteiger charge is 2.11. The molecule has 4 nitrogen and oxygen atoms in total. The van der Waals surface area contributed by atoms with Crippen molar-refractivity contribution in [3.05, 3.63) is 29.8 Å². The smallest absolute Gasteiger partial charge is 0.118 e. The molecule has 0 amide bonds. The summed E-state index contributed by atoms with van der Waals surface area (Å²) in [4.78, 5) is 2.55. The zero-order valence-corrected chi connectivity index (χ0v) is 15.0. The zero-order chi connectivity index (χ0) is 16.3. The zero-order valence-electron chi connectivity index (χ0n) is 14.2. The van der Waals surface area contributed by atoms with Crippen molar-refractivity contribution >= 4 is 11.8 Å². The molecule has 1 aromatic carbocycles. The summed E-state index contributed by atoms with van der Waals surface area (Å²) in [6.45, 7) is 3.60. The first kappa shape index (κ1) is 18.6. The topological polar surface area (TPSA) is 44.7 Å². The fraction of sp³-hybridized carbons (Fsp3) is 0.667. The third kappa shape index (κ3) is 6.71. The predicted octanol–water partition coefficient (Wildman–Crippen LogP) is 2.88. The van der Waals surface area contributed by atoms with Gasteiger partial charge in [-0.25, -0.2) is 0 Å². The minimum atomic E-state index is 0.0162. The van der Waals surface area contributed by atoms with E-state index in [9.17, 15) is 5.11 Å². The Morgan fingerprint density at radius 3 is 2.65 bits per heavy atom. The summed E-state index contributed by atoms with van der Waals surface area (Å²) in [7, 11) is 1.67. The number of aliphatic hydroxyl groups excluding tert-OH is 1. The molecule has 0 spiro atoms. The summed E-state index contributed by atoms with van der Waals surface area (Å²) >= 11 is 2.04. The van der Waals surface area contributed by atoms with Crippen molar-refractivity contribution in [1.29, 1.82) is 0 Å². The van der Waals surface area contributed by atoms with Crippen LogP contribution in [-0.2, 0) is 0 Å². The second kappa shape index (κ2) is 10.9. The van der Waals surface area contributed by atoms with Gasteiger partial charge >= 0.3 is 0 Å². The van der Waals surface area contributed by atoms with E-state index in [-0.39, 0.29) is 12.6 Å². The van der Waals surface area contributed by atoms with Gasteiger partial charge in [-0.15, -0.1) is 11.8 Å². The first-order valence-electron chi connectivity index (χ1n) is 8.62. The molecular weight excluding hydrogens is 308 g/mol. The second-order valence-corrected chi connectivity index (χ2v) is 7.11. The molecule has 1 unspecified atom stereocenters. The summed E-state index contributed by atoms with van der Waals surface area (Å²) in [5.74, 6) is 3.38. The predicted molar refractivity (Wildman–Crippen MR) is 98.2 cm³/mol. The number of hydrogen-bond acceptors (Lipinski definition) is 5. The Labute approximate surface area is 144 Å². The number of benzene rings is 1. The summed E-state index contributed by atoms with van der Waals surface area (Å²) in [6, 6.07) is 7.93. The number of ether oxygens (including phenoxy) is 1. The lowest BCUT2D eigenvalue weighted by atomic mass is 10.1. The van der Waals surface area contributed by atoms with Crippen LogP contribution in [0, 0.1) is 0 Å². The Bertz CT molecular complexity index is 422. The first-order valence-corrected chi connectivity index (χ1v) is 9.77. The van der Waals surface area contributed by atoms with Crippen molar-refractivity contribution in [3.63, 3.8) is 0 Å². The summed E-state index contributed by atoms with van der Waals surface area (Å²) in [6.07, 6.45) is 5.04. The highest BCUT2D eigenvalue weighted by atomic mass is 32.2. The van der Waals surface area contributed by atoms with Crippen LogP contribution in [-0.4, -0.2) is 55.0 Å². The standard InChI is InChI=1S/C18H30N2O2S/c1-22-17-8-6-16(7-9-17)18(14-21)19-10-4-2-3-5-11-20-12-13-23-15-20/h6-9,18-19,21H,2-5,10-15H2,1H3. The molecule has 1 saturated heterocycles. The quantitative estimate of drug-likeness (QED) is 0.608. The van der Waals surface area contributed by atoms with Crippen LogP contribution < -0.4 is 10.1 Å². The number of unbranched alkanes of at least 4 members (excludes halogenated alkanes) is 3. The van der Waals surface area contributed by atoms with Gasteiger partial charge in [0.2, 0.25) is 0 Å². The van der Waals surface area contributed by atoms with E-state index < -0.39 is 0 Å². The van der Waals surface area contributed by atoms with Gasteiger partial charge in [0.1, 0.15) is 5.75 Å². The monoisotopic (exact) mass is 338 g/mol. The lowest BCUT2D eigenvalue weighted by Gasteiger charge is -2.17. The average molecular weight is 339 g/mol. The maximum absolute atomic E-state index is 9.57.